The molecule has 0 unspecified atom stereocenters. The number of hydrogen-bond donors (Lipinski definition) is 1. The van der Waals surface area contributed by atoms with E-state index >= 15 is 0 Å². The summed E-state index contributed by atoms with van der Waals surface area (Å²) in [5, 5.41) is 19.4. The van der Waals surface area contributed by atoms with E-state index in [0.717, 1.165) is 10.7 Å². The van der Waals surface area contributed by atoms with E-state index in [0.29, 0.717) is 22.8 Å². The summed E-state index contributed by atoms with van der Waals surface area (Å²) >= 11 is 0. The monoisotopic (exact) mass is 496 g/mol. The second kappa shape index (κ2) is 12.0. The van der Waals surface area contributed by atoms with Crippen LogP contribution < -0.4 is 76.4 Å². The summed E-state index contributed by atoms with van der Waals surface area (Å²) in [6, 6.07) is 8.93. The molecule has 2 aromatic heterocycles. The van der Waals surface area contributed by atoms with Crippen LogP contribution in [0.3, 0.4) is 0 Å². The van der Waals surface area contributed by atoms with Gasteiger partial charge in [0.15, 0.2) is 17.4 Å². The summed E-state index contributed by atoms with van der Waals surface area (Å²) < 4.78 is 26.2. The van der Waals surface area contributed by atoms with Crippen LogP contribution in [0.25, 0.3) is 0 Å². The van der Waals surface area contributed by atoms with Gasteiger partial charge in [-0.3, -0.25) is 19.5 Å². The second-order valence-electron chi connectivity index (χ2n) is 6.73. The average molecular weight is 496 g/mol. The molecule has 13 heteroatoms. The van der Waals surface area contributed by atoms with Crippen molar-refractivity contribution in [3.05, 3.63) is 75.6 Å². The fourth-order valence-corrected chi connectivity index (χ4v) is 3.01. The molecular weight excluding hydrogens is 478 g/mol. The summed E-state index contributed by atoms with van der Waals surface area (Å²) in [7, 11) is 3.04. The Bertz CT molecular complexity index is 1250. The van der Waals surface area contributed by atoms with Crippen molar-refractivity contribution in [1.82, 2.24) is 14.8 Å². The Kier molecular flexibility index (Phi) is 9.70. The van der Waals surface area contributed by atoms with E-state index in [2.05, 4.69) is 10.1 Å². The topological polar surface area (TPSA) is 147 Å². The summed E-state index contributed by atoms with van der Waals surface area (Å²) in [5.74, 6) is -0.0552. The Balaban J connectivity index is 0.000000758. The fourth-order valence-electron chi connectivity index (χ4n) is 3.01. The molecule has 0 spiro atoms. The van der Waals surface area contributed by atoms with Crippen LogP contribution in [0, 0.1) is 5.82 Å². The summed E-state index contributed by atoms with van der Waals surface area (Å²) in [4.78, 5) is 38.2. The third kappa shape index (κ3) is 6.61. The summed E-state index contributed by atoms with van der Waals surface area (Å²) in [5.41, 5.74) is 1.18. The van der Waals surface area contributed by atoms with E-state index in [-0.39, 0.29) is 87.3 Å². The first-order valence-corrected chi connectivity index (χ1v) is 9.40. The van der Waals surface area contributed by atoms with Crippen molar-refractivity contribution >= 4 is 17.9 Å². The minimum absolute atomic E-state index is 0. The number of anilines is 1. The molecule has 0 aliphatic carbocycles. The Hall–Kier alpha value is -2.84. The smallest absolute Gasteiger partial charge is 0.565 e. The van der Waals surface area contributed by atoms with E-state index in [1.807, 2.05) is 0 Å². The number of methoxy groups -OCH3 is 1. The van der Waals surface area contributed by atoms with Crippen LogP contribution in [0.2, 0.25) is 0 Å². The van der Waals surface area contributed by atoms with E-state index in [1.54, 1.807) is 25.4 Å². The Morgan fingerprint density at radius 2 is 1.94 bits per heavy atom. The van der Waals surface area contributed by atoms with Gasteiger partial charge in [0.25, 0.3) is 11.5 Å². The molecule has 0 atom stereocenters. The standard InChI is InChI=1S/C20H17FN4O4.CH2O3.K/c1-24-19(26)6-5-18(23-24)25-10-12-7-17(16(21)8-15(12)20(25)27)29-11-13-3-4-14(28-2)9-22-13;2-1(3)4;/h3-9H,10-11H2,1-2H3;(H2,2,3,4);/q;;+1/p-1. The summed E-state index contributed by atoms with van der Waals surface area (Å²) in [6.45, 7) is 0.274. The number of nitrogens with zero attached hydrogens (tertiary/aromatic N) is 4. The zero-order valence-electron chi connectivity index (χ0n) is 18.5. The zero-order valence-corrected chi connectivity index (χ0v) is 21.6. The van der Waals surface area contributed by atoms with Crippen LogP contribution in [-0.2, 0) is 20.2 Å². The number of carboxylic acid groups (broad SMARTS) is 2. The number of carbonyl (C=O) groups is 2. The number of hydrogen-bond acceptors (Lipinski definition) is 8. The first-order chi connectivity index (χ1) is 15.7. The van der Waals surface area contributed by atoms with Gasteiger partial charge in [0.05, 0.1) is 25.5 Å². The van der Waals surface area contributed by atoms with Gasteiger partial charge in [0, 0.05) is 18.7 Å². The number of rotatable bonds is 5. The van der Waals surface area contributed by atoms with Crippen molar-refractivity contribution in [3.8, 4) is 11.5 Å². The molecule has 3 heterocycles. The third-order valence-electron chi connectivity index (χ3n) is 4.59. The van der Waals surface area contributed by atoms with Crippen molar-refractivity contribution in [2.45, 2.75) is 13.2 Å². The molecule has 0 bridgehead atoms. The molecule has 0 radical (unpaired) electrons. The molecule has 1 amide bonds. The SMILES string of the molecule is COc1ccc(COc2cc3c(cc2F)C(=O)N(c2ccc(=O)n(C)n2)C3)nc1.O=C([O-])O.[K+]. The molecule has 1 aromatic carbocycles. The Morgan fingerprint density at radius 1 is 1.24 bits per heavy atom. The Labute approximate surface area is 235 Å². The van der Waals surface area contributed by atoms with Crippen LogP contribution in [-0.4, -0.2) is 39.0 Å². The number of amides is 1. The minimum Gasteiger partial charge on any atom is -0.565 e. The van der Waals surface area contributed by atoms with Crippen molar-refractivity contribution in [2.75, 3.05) is 12.0 Å². The number of pyridine rings is 1. The van der Waals surface area contributed by atoms with E-state index in [1.165, 1.54) is 30.1 Å². The van der Waals surface area contributed by atoms with Gasteiger partial charge in [-0.15, -0.1) is 0 Å². The van der Waals surface area contributed by atoms with Crippen molar-refractivity contribution < 1.29 is 85.1 Å². The van der Waals surface area contributed by atoms with E-state index in [9.17, 15) is 14.0 Å². The maximum Gasteiger partial charge on any atom is 1.00 e. The molecule has 0 fully saturated rings. The molecule has 0 saturated carbocycles. The number of benzene rings is 1. The van der Waals surface area contributed by atoms with E-state index < -0.39 is 12.0 Å². The minimum atomic E-state index is -2.08. The van der Waals surface area contributed by atoms with Gasteiger partial charge in [0.2, 0.25) is 6.16 Å². The third-order valence-corrected chi connectivity index (χ3v) is 4.59. The Morgan fingerprint density at radius 3 is 2.53 bits per heavy atom. The van der Waals surface area contributed by atoms with Crippen molar-refractivity contribution in [2.24, 2.45) is 7.05 Å². The predicted molar refractivity (Wildman–Crippen MR) is 110 cm³/mol. The molecule has 4 rings (SSSR count). The molecule has 1 aliphatic heterocycles. The fraction of sp³-hybridized carbons (Fsp3) is 0.190. The molecular formula is C21H18FKN4O7. The van der Waals surface area contributed by atoms with Crippen molar-refractivity contribution in [3.63, 3.8) is 0 Å². The zero-order chi connectivity index (χ0) is 24.1. The van der Waals surface area contributed by atoms with Crippen LogP contribution in [0.4, 0.5) is 15.0 Å². The predicted octanol–water partition coefficient (Wildman–Crippen LogP) is -2.05. The van der Waals surface area contributed by atoms with Gasteiger partial charge < -0.3 is 24.5 Å². The number of fused-ring (bicyclic) bond motifs is 1. The number of carbonyl (C=O) groups excluding carboxylic acids is 1. The van der Waals surface area contributed by atoms with Gasteiger partial charge >= 0.3 is 51.4 Å². The van der Waals surface area contributed by atoms with Crippen molar-refractivity contribution in [1.29, 1.82) is 0 Å². The van der Waals surface area contributed by atoms with Crippen LogP contribution >= 0.6 is 0 Å². The quantitative estimate of drug-likeness (QED) is 0.394. The van der Waals surface area contributed by atoms with Gasteiger partial charge in [-0.2, -0.15) is 5.10 Å². The molecule has 11 nitrogen and oxygen atoms in total. The molecule has 3 aromatic rings. The number of halogens is 1. The first-order valence-electron chi connectivity index (χ1n) is 9.40. The summed E-state index contributed by atoms with van der Waals surface area (Å²) in [6.07, 6.45) is -0.533. The second-order valence-corrected chi connectivity index (χ2v) is 6.73. The molecule has 0 saturated heterocycles. The van der Waals surface area contributed by atoms with Gasteiger partial charge in [-0.05, 0) is 35.9 Å². The largest absolute Gasteiger partial charge is 1.00 e. The van der Waals surface area contributed by atoms with Gasteiger partial charge in [-0.25, -0.2) is 9.07 Å². The maximum absolute atomic E-state index is 14.5. The molecule has 1 aliphatic rings. The molecule has 172 valence electrons. The van der Waals surface area contributed by atoms with E-state index in [4.69, 9.17) is 24.5 Å². The molecule has 1 N–H and O–H groups in total. The molecule has 34 heavy (non-hydrogen) atoms. The number of ether oxygens (including phenoxy) is 2. The van der Waals surface area contributed by atoms with Crippen LogP contribution in [0.1, 0.15) is 21.6 Å². The number of aryl methyl sites for hydroxylation is 1. The first kappa shape index (κ1) is 27.4. The maximum atomic E-state index is 14.5. The van der Waals surface area contributed by atoms with Crippen LogP contribution in [0.5, 0.6) is 11.5 Å². The van der Waals surface area contributed by atoms with Gasteiger partial charge in [-0.1, -0.05) is 0 Å². The number of aromatic nitrogens is 3. The normalized spacial score (nSPS) is 11.6. The average Bonchev–Trinajstić information content (AvgIpc) is 3.09. The van der Waals surface area contributed by atoms with Crippen LogP contribution in [0.15, 0.2) is 47.4 Å². The van der Waals surface area contributed by atoms with Gasteiger partial charge in [0.1, 0.15) is 12.4 Å².